The first-order valence-corrected chi connectivity index (χ1v) is 8.72. The molecule has 1 spiro atoms. The molecule has 2 aliphatic heterocycles. The van der Waals surface area contributed by atoms with Crippen LogP contribution in [-0.4, -0.2) is 50.1 Å². The zero-order valence-corrected chi connectivity index (χ0v) is 13.7. The molecule has 1 aromatic rings. The summed E-state index contributed by atoms with van der Waals surface area (Å²) in [7, 11) is 4.27. The monoisotopic (exact) mass is 311 g/mol. The van der Waals surface area contributed by atoms with E-state index in [4.69, 9.17) is 9.47 Å². The molecule has 0 radical (unpaired) electrons. The smallest absolute Gasteiger partial charge is 0.166 e. The van der Waals surface area contributed by atoms with Crippen LogP contribution in [0.25, 0.3) is 0 Å². The Bertz CT molecular complexity index is 718. The zero-order valence-electron chi connectivity index (χ0n) is 13.7. The van der Waals surface area contributed by atoms with E-state index in [1.807, 2.05) is 7.85 Å². The molecule has 2 aliphatic carbocycles. The van der Waals surface area contributed by atoms with Crippen LogP contribution in [0.5, 0.6) is 11.5 Å². The lowest BCUT2D eigenvalue weighted by Crippen LogP contribution is -2.63. The number of phenols is 1. The van der Waals surface area contributed by atoms with Gasteiger partial charge in [0.05, 0.1) is 6.51 Å². The van der Waals surface area contributed by atoms with Crippen LogP contribution in [0.1, 0.15) is 24.0 Å². The predicted molar refractivity (Wildman–Crippen MR) is 89.6 cm³/mol. The molecule has 1 saturated heterocycles. The number of aromatic hydroxyl groups is 1. The van der Waals surface area contributed by atoms with Crippen LogP contribution in [0.2, 0.25) is 0 Å². The maximum Gasteiger partial charge on any atom is 0.166 e. The van der Waals surface area contributed by atoms with Crippen LogP contribution in [0.15, 0.2) is 24.0 Å². The minimum atomic E-state index is -0.0697. The maximum absolute atomic E-state index is 10.4. The van der Waals surface area contributed by atoms with Crippen LogP contribution >= 0.6 is 0 Å². The molecule has 4 aliphatic rings. The lowest BCUT2D eigenvalue weighted by atomic mass is 9.53. The third kappa shape index (κ3) is 1.52. The predicted octanol–water partition coefficient (Wildman–Crippen LogP) is 1.16. The fraction of sp³-hybridized carbons (Fsp3) is 0.556. The van der Waals surface area contributed by atoms with Crippen molar-refractivity contribution in [1.29, 1.82) is 0 Å². The van der Waals surface area contributed by atoms with Gasteiger partial charge in [0.15, 0.2) is 25.4 Å². The van der Waals surface area contributed by atoms with Crippen molar-refractivity contribution < 1.29 is 14.6 Å². The number of phenolic OH excluding ortho intramolecular Hbond substituents is 1. The van der Waals surface area contributed by atoms with E-state index in [2.05, 4.69) is 24.1 Å². The second kappa shape index (κ2) is 4.47. The Labute approximate surface area is 137 Å². The number of hydrogen-bond donors (Lipinski definition) is 1. The van der Waals surface area contributed by atoms with E-state index in [1.54, 1.807) is 6.07 Å². The van der Waals surface area contributed by atoms with Gasteiger partial charge >= 0.3 is 0 Å². The number of allylic oxidation sites excluding steroid dienone is 1. The minimum Gasteiger partial charge on any atom is -0.504 e. The van der Waals surface area contributed by atoms with E-state index in [1.165, 1.54) is 11.1 Å². The lowest BCUT2D eigenvalue weighted by molar-refractivity contribution is -0.0280. The molecule has 5 heteroatoms. The average molecular weight is 311 g/mol. The van der Waals surface area contributed by atoms with Crippen molar-refractivity contribution in [2.24, 2.45) is 5.92 Å². The molecule has 2 unspecified atom stereocenters. The van der Waals surface area contributed by atoms with E-state index in [0.29, 0.717) is 24.2 Å². The van der Waals surface area contributed by atoms with Gasteiger partial charge in [0, 0.05) is 17.0 Å². The molecule has 120 valence electrons. The molecule has 5 rings (SSSR count). The summed E-state index contributed by atoms with van der Waals surface area (Å²) in [4.78, 5) is 2.51. The summed E-state index contributed by atoms with van der Waals surface area (Å²) in [6.45, 7) is 1.74. The second-order valence-electron chi connectivity index (χ2n) is 7.37. The Kier molecular flexibility index (Phi) is 2.68. The van der Waals surface area contributed by atoms with Gasteiger partial charge in [0.1, 0.15) is 5.76 Å². The molecule has 0 saturated carbocycles. The van der Waals surface area contributed by atoms with E-state index in [0.717, 1.165) is 31.6 Å². The first-order valence-electron chi connectivity index (χ1n) is 8.72. The van der Waals surface area contributed by atoms with Gasteiger partial charge in [-0.25, -0.2) is 0 Å². The minimum absolute atomic E-state index is 0.0158. The molecule has 2 heterocycles. The number of nitrogens with zero attached hydrogens (tertiary/aromatic N) is 1. The van der Waals surface area contributed by atoms with E-state index in [9.17, 15) is 5.11 Å². The molecular weight excluding hydrogens is 289 g/mol. The summed E-state index contributed by atoms with van der Waals surface area (Å²) in [5.41, 5.74) is 2.62. The van der Waals surface area contributed by atoms with Gasteiger partial charge in [0.2, 0.25) is 0 Å². The summed E-state index contributed by atoms with van der Waals surface area (Å²) in [5, 5.41) is 10.4. The molecule has 4 atom stereocenters. The van der Waals surface area contributed by atoms with Gasteiger partial charge in [-0.3, -0.25) is 0 Å². The Morgan fingerprint density at radius 1 is 1.48 bits per heavy atom. The van der Waals surface area contributed by atoms with Gasteiger partial charge in [-0.1, -0.05) is 6.07 Å². The van der Waals surface area contributed by atoms with Gasteiger partial charge in [-0.05, 0) is 56.5 Å². The molecule has 23 heavy (non-hydrogen) atoms. The van der Waals surface area contributed by atoms with E-state index >= 15 is 0 Å². The molecular formula is C18H22BNO3. The topological polar surface area (TPSA) is 41.9 Å². The van der Waals surface area contributed by atoms with Gasteiger partial charge in [0.25, 0.3) is 0 Å². The molecule has 4 nitrogen and oxygen atoms in total. The standard InChI is InChI=1S/C18H22BNO3/c1-20-7-6-18-11-3-5-14(22-9-19)17(18)23-16-13(21)4-2-10(15(16)18)8-12(11)20/h2,4-5,11-12,17,21H,3,6-9,19H2,1H3/t11?,12-,17?,18+/m1/s1. The van der Waals surface area contributed by atoms with Crippen LogP contribution in [0, 0.1) is 5.92 Å². The largest absolute Gasteiger partial charge is 0.504 e. The molecule has 1 fully saturated rings. The van der Waals surface area contributed by atoms with E-state index in [-0.39, 0.29) is 17.3 Å². The number of likely N-dealkylation sites (tertiary alicyclic amines) is 1. The highest BCUT2D eigenvalue weighted by atomic mass is 16.5. The Morgan fingerprint density at radius 3 is 3.17 bits per heavy atom. The summed E-state index contributed by atoms with van der Waals surface area (Å²) in [6.07, 6.45) is 5.33. The quantitative estimate of drug-likeness (QED) is 0.833. The number of benzene rings is 1. The van der Waals surface area contributed by atoms with Crippen molar-refractivity contribution in [3.63, 3.8) is 0 Å². The van der Waals surface area contributed by atoms with Crippen molar-refractivity contribution in [1.82, 2.24) is 4.90 Å². The summed E-state index contributed by atoms with van der Waals surface area (Å²) < 4.78 is 12.3. The number of piperidine rings is 1. The highest BCUT2D eigenvalue weighted by Gasteiger charge is 2.64. The number of ether oxygens (including phenoxy) is 2. The zero-order chi connectivity index (χ0) is 15.8. The third-order valence-electron chi connectivity index (χ3n) is 6.53. The van der Waals surface area contributed by atoms with Crippen LogP contribution in [0.4, 0.5) is 0 Å². The van der Waals surface area contributed by atoms with Crippen molar-refractivity contribution in [2.45, 2.75) is 36.8 Å². The molecule has 2 bridgehead atoms. The van der Waals surface area contributed by atoms with Crippen molar-refractivity contribution in [2.75, 3.05) is 20.1 Å². The highest BCUT2D eigenvalue weighted by molar-refractivity contribution is 6.08. The van der Waals surface area contributed by atoms with Crippen LogP contribution < -0.4 is 4.74 Å². The van der Waals surface area contributed by atoms with Crippen LogP contribution in [-0.2, 0) is 16.6 Å². The van der Waals surface area contributed by atoms with Gasteiger partial charge < -0.3 is 19.5 Å². The molecule has 0 aromatic heterocycles. The summed E-state index contributed by atoms with van der Waals surface area (Å²) in [6, 6.07) is 4.45. The first kappa shape index (κ1) is 13.8. The highest BCUT2D eigenvalue weighted by Crippen LogP contribution is 2.63. The molecule has 1 N–H and O–H groups in total. The Hall–Kier alpha value is -1.62. The van der Waals surface area contributed by atoms with Gasteiger partial charge in [-0.2, -0.15) is 0 Å². The first-order chi connectivity index (χ1) is 11.2. The summed E-state index contributed by atoms with van der Waals surface area (Å²) >= 11 is 0. The van der Waals surface area contributed by atoms with Crippen LogP contribution in [0.3, 0.4) is 0 Å². The Balaban J connectivity index is 1.77. The SMILES string of the molecule is BCOC1=CCC2[C@H]3Cc4ccc(O)c5c4[C@@]2(CCN3C)C1O5. The Morgan fingerprint density at radius 2 is 2.35 bits per heavy atom. The van der Waals surface area contributed by atoms with E-state index < -0.39 is 0 Å². The number of hydrogen-bond acceptors (Lipinski definition) is 4. The third-order valence-corrected chi connectivity index (χ3v) is 6.53. The molecule has 1 aromatic carbocycles. The summed E-state index contributed by atoms with van der Waals surface area (Å²) in [5.74, 6) is 2.51. The number of rotatable bonds is 2. The van der Waals surface area contributed by atoms with Crippen molar-refractivity contribution >= 4 is 7.85 Å². The second-order valence-corrected chi connectivity index (χ2v) is 7.37. The van der Waals surface area contributed by atoms with Crippen molar-refractivity contribution in [3.05, 3.63) is 35.1 Å². The maximum atomic E-state index is 10.4. The lowest BCUT2D eigenvalue weighted by Gasteiger charge is -2.56. The fourth-order valence-electron chi connectivity index (χ4n) is 5.62. The normalized spacial score (nSPS) is 36.9. The van der Waals surface area contributed by atoms with Crippen molar-refractivity contribution in [3.8, 4) is 11.5 Å². The number of likely N-dealkylation sites (N-methyl/N-ethyl adjacent to an activating group) is 1. The average Bonchev–Trinajstić information content (AvgIpc) is 2.90. The fourth-order valence-corrected chi connectivity index (χ4v) is 5.62. The van der Waals surface area contributed by atoms with Gasteiger partial charge in [-0.15, -0.1) is 0 Å². The molecule has 0 amide bonds.